The fraction of sp³-hybridized carbons (Fsp3) is 0.833. The molecule has 0 aromatic heterocycles. The van der Waals surface area contributed by atoms with Crippen LogP contribution in [0, 0.1) is 0 Å². The zero-order valence-corrected chi connectivity index (χ0v) is 7.60. The number of unbranched alkanes of at least 4 members (excludes halogenated alkanes) is 1. The first kappa shape index (κ1) is 9.75. The van der Waals surface area contributed by atoms with E-state index in [0.717, 1.165) is 18.2 Å². The van der Waals surface area contributed by atoms with Gasteiger partial charge in [0.2, 0.25) is 0 Å². The highest BCUT2D eigenvalue weighted by molar-refractivity contribution is 9.09. The zero-order valence-electron chi connectivity index (χ0n) is 6.01. The summed E-state index contributed by atoms with van der Waals surface area (Å²) >= 11 is 3.27. The largest absolute Gasteiger partial charge is 0.465 e. The van der Waals surface area contributed by atoms with E-state index in [1.165, 1.54) is 4.90 Å². The molecule has 0 heterocycles. The Bertz CT molecular complexity index is 108. The fourth-order valence-electron chi connectivity index (χ4n) is 0.539. The lowest BCUT2D eigenvalue weighted by molar-refractivity contribution is 0.155. The van der Waals surface area contributed by atoms with Gasteiger partial charge in [-0.1, -0.05) is 15.9 Å². The van der Waals surface area contributed by atoms with Crippen LogP contribution < -0.4 is 0 Å². The molecule has 0 saturated carbocycles. The van der Waals surface area contributed by atoms with Crippen LogP contribution in [0.1, 0.15) is 12.8 Å². The molecule has 0 aromatic rings. The molecule has 0 fully saturated rings. The number of hydrogen-bond donors (Lipinski definition) is 1. The van der Waals surface area contributed by atoms with Crippen molar-refractivity contribution in [1.82, 2.24) is 4.90 Å². The van der Waals surface area contributed by atoms with Crippen LogP contribution in [0.2, 0.25) is 0 Å². The topological polar surface area (TPSA) is 40.5 Å². The molecular formula is C6H12BrNO2. The summed E-state index contributed by atoms with van der Waals surface area (Å²) in [5.74, 6) is 0. The van der Waals surface area contributed by atoms with Crippen molar-refractivity contribution in [2.24, 2.45) is 0 Å². The molecular weight excluding hydrogens is 198 g/mol. The standard InChI is InChI=1S/C6H12BrNO2/c1-8(6(9)10)5-3-2-4-7/h2-5H2,1H3,(H,9,10). The molecule has 0 aliphatic carbocycles. The van der Waals surface area contributed by atoms with Gasteiger partial charge >= 0.3 is 6.09 Å². The van der Waals surface area contributed by atoms with Gasteiger partial charge in [0.15, 0.2) is 0 Å². The number of amides is 1. The summed E-state index contributed by atoms with van der Waals surface area (Å²) in [6, 6.07) is 0. The molecule has 0 aliphatic rings. The van der Waals surface area contributed by atoms with Gasteiger partial charge in [-0.15, -0.1) is 0 Å². The van der Waals surface area contributed by atoms with Crippen molar-refractivity contribution in [3.05, 3.63) is 0 Å². The summed E-state index contributed by atoms with van der Waals surface area (Å²) < 4.78 is 0. The van der Waals surface area contributed by atoms with Gasteiger partial charge in [0, 0.05) is 18.9 Å². The fourth-order valence-corrected chi connectivity index (χ4v) is 0.936. The molecule has 0 radical (unpaired) electrons. The molecule has 3 nitrogen and oxygen atoms in total. The lowest BCUT2D eigenvalue weighted by Gasteiger charge is -2.11. The van der Waals surface area contributed by atoms with Crippen molar-refractivity contribution in [2.45, 2.75) is 12.8 Å². The molecule has 0 bridgehead atoms. The summed E-state index contributed by atoms with van der Waals surface area (Å²) in [6.45, 7) is 0.626. The highest BCUT2D eigenvalue weighted by Crippen LogP contribution is 1.95. The van der Waals surface area contributed by atoms with Gasteiger partial charge in [-0.05, 0) is 12.8 Å². The molecule has 10 heavy (non-hydrogen) atoms. The van der Waals surface area contributed by atoms with Gasteiger partial charge in [0.1, 0.15) is 0 Å². The number of carboxylic acid groups (broad SMARTS) is 1. The van der Waals surface area contributed by atoms with Crippen LogP contribution >= 0.6 is 15.9 Å². The molecule has 0 saturated heterocycles. The van der Waals surface area contributed by atoms with E-state index in [2.05, 4.69) is 15.9 Å². The monoisotopic (exact) mass is 209 g/mol. The van der Waals surface area contributed by atoms with Crippen molar-refractivity contribution >= 4 is 22.0 Å². The minimum Gasteiger partial charge on any atom is -0.465 e. The molecule has 0 atom stereocenters. The summed E-state index contributed by atoms with van der Waals surface area (Å²) in [5.41, 5.74) is 0. The summed E-state index contributed by atoms with van der Waals surface area (Å²) in [4.78, 5) is 11.5. The molecule has 1 amide bonds. The second kappa shape index (κ2) is 5.53. The highest BCUT2D eigenvalue weighted by atomic mass is 79.9. The van der Waals surface area contributed by atoms with Crippen molar-refractivity contribution < 1.29 is 9.90 Å². The average molecular weight is 210 g/mol. The van der Waals surface area contributed by atoms with Crippen LogP contribution in [-0.4, -0.2) is 35.0 Å². The molecule has 0 aromatic carbocycles. The summed E-state index contributed by atoms with van der Waals surface area (Å²) in [5, 5.41) is 9.34. The molecule has 0 rings (SSSR count). The van der Waals surface area contributed by atoms with Crippen LogP contribution in [0.15, 0.2) is 0 Å². The zero-order chi connectivity index (χ0) is 7.98. The smallest absolute Gasteiger partial charge is 0.407 e. The maximum atomic E-state index is 10.2. The van der Waals surface area contributed by atoms with E-state index < -0.39 is 6.09 Å². The van der Waals surface area contributed by atoms with Crippen molar-refractivity contribution in [2.75, 3.05) is 18.9 Å². The Morgan fingerprint density at radius 1 is 1.60 bits per heavy atom. The third kappa shape index (κ3) is 4.61. The van der Waals surface area contributed by atoms with Gasteiger partial charge in [0.25, 0.3) is 0 Å². The molecule has 0 unspecified atom stereocenters. The lowest BCUT2D eigenvalue weighted by atomic mass is 10.3. The Morgan fingerprint density at radius 2 is 2.20 bits per heavy atom. The Morgan fingerprint density at radius 3 is 2.60 bits per heavy atom. The molecule has 4 heteroatoms. The van der Waals surface area contributed by atoms with E-state index in [9.17, 15) is 4.79 Å². The van der Waals surface area contributed by atoms with Gasteiger partial charge in [-0.2, -0.15) is 0 Å². The SMILES string of the molecule is CN(CCCCBr)C(=O)O. The van der Waals surface area contributed by atoms with Crippen molar-refractivity contribution in [3.63, 3.8) is 0 Å². The minimum atomic E-state index is -0.852. The third-order valence-corrected chi connectivity index (χ3v) is 1.76. The maximum absolute atomic E-state index is 10.2. The van der Waals surface area contributed by atoms with Crippen LogP contribution in [0.3, 0.4) is 0 Å². The van der Waals surface area contributed by atoms with Crippen LogP contribution in [-0.2, 0) is 0 Å². The normalized spacial score (nSPS) is 9.40. The van der Waals surface area contributed by atoms with Crippen LogP contribution in [0.5, 0.6) is 0 Å². The van der Waals surface area contributed by atoms with Crippen LogP contribution in [0.4, 0.5) is 4.79 Å². The number of nitrogens with zero attached hydrogens (tertiary/aromatic N) is 1. The summed E-state index contributed by atoms with van der Waals surface area (Å²) in [6.07, 6.45) is 1.10. The molecule has 0 aliphatic heterocycles. The van der Waals surface area contributed by atoms with E-state index in [4.69, 9.17) is 5.11 Å². The minimum absolute atomic E-state index is 0.626. The van der Waals surface area contributed by atoms with E-state index in [0.29, 0.717) is 6.54 Å². The number of hydrogen-bond acceptors (Lipinski definition) is 1. The first-order valence-electron chi connectivity index (χ1n) is 3.18. The number of halogens is 1. The maximum Gasteiger partial charge on any atom is 0.407 e. The number of alkyl halides is 1. The molecule has 60 valence electrons. The Kier molecular flexibility index (Phi) is 5.39. The lowest BCUT2D eigenvalue weighted by Crippen LogP contribution is -2.25. The van der Waals surface area contributed by atoms with E-state index in [1.807, 2.05) is 0 Å². The highest BCUT2D eigenvalue weighted by Gasteiger charge is 2.02. The first-order chi connectivity index (χ1) is 4.68. The predicted molar refractivity (Wildman–Crippen MR) is 43.7 cm³/mol. The van der Waals surface area contributed by atoms with Gasteiger partial charge in [-0.3, -0.25) is 0 Å². The Hall–Kier alpha value is -0.250. The summed E-state index contributed by atoms with van der Waals surface area (Å²) in [7, 11) is 1.58. The average Bonchev–Trinajstić information content (AvgIpc) is 1.88. The predicted octanol–water partition coefficient (Wildman–Crippen LogP) is 1.77. The quantitative estimate of drug-likeness (QED) is 0.567. The number of carbonyl (C=O) groups is 1. The number of rotatable bonds is 4. The van der Waals surface area contributed by atoms with E-state index in [1.54, 1.807) is 7.05 Å². The second-order valence-corrected chi connectivity index (χ2v) is 2.89. The van der Waals surface area contributed by atoms with Gasteiger partial charge in [-0.25, -0.2) is 4.79 Å². The van der Waals surface area contributed by atoms with E-state index >= 15 is 0 Å². The Balaban J connectivity index is 3.21. The third-order valence-electron chi connectivity index (χ3n) is 1.20. The molecule has 0 spiro atoms. The van der Waals surface area contributed by atoms with Crippen molar-refractivity contribution in [3.8, 4) is 0 Å². The van der Waals surface area contributed by atoms with Gasteiger partial charge in [0.05, 0.1) is 0 Å². The van der Waals surface area contributed by atoms with Gasteiger partial charge < -0.3 is 10.0 Å². The van der Waals surface area contributed by atoms with Crippen LogP contribution in [0.25, 0.3) is 0 Å². The second-order valence-electron chi connectivity index (χ2n) is 2.10. The Labute approximate surface area is 69.1 Å². The molecule has 1 N–H and O–H groups in total. The van der Waals surface area contributed by atoms with Crippen molar-refractivity contribution in [1.29, 1.82) is 0 Å². The van der Waals surface area contributed by atoms with E-state index in [-0.39, 0.29) is 0 Å². The first-order valence-corrected chi connectivity index (χ1v) is 4.30.